The van der Waals surface area contributed by atoms with Crippen molar-refractivity contribution in [3.05, 3.63) is 50.9 Å². The van der Waals surface area contributed by atoms with Crippen molar-refractivity contribution < 1.29 is 0 Å². The second-order valence-electron chi connectivity index (χ2n) is 6.60. The van der Waals surface area contributed by atoms with Crippen LogP contribution in [0.5, 0.6) is 0 Å². The van der Waals surface area contributed by atoms with Gasteiger partial charge in [-0.1, -0.05) is 0 Å². The van der Waals surface area contributed by atoms with Crippen LogP contribution in [0.1, 0.15) is 17.8 Å². The number of fused-ring (bicyclic) bond motifs is 3. The van der Waals surface area contributed by atoms with E-state index in [-0.39, 0.29) is 11.2 Å². The molecular formula is C17H21N7O2. The van der Waals surface area contributed by atoms with Crippen molar-refractivity contribution >= 4 is 16.9 Å². The first-order valence-electron chi connectivity index (χ1n) is 8.51. The van der Waals surface area contributed by atoms with Gasteiger partial charge in [-0.25, -0.2) is 9.78 Å². The third-order valence-electron chi connectivity index (χ3n) is 5.10. The fourth-order valence-electron chi connectivity index (χ4n) is 3.49. The molecule has 0 aromatic carbocycles. The summed E-state index contributed by atoms with van der Waals surface area (Å²) in [5.41, 5.74) is 2.19. The Hall–Kier alpha value is -3.10. The van der Waals surface area contributed by atoms with Gasteiger partial charge in [0.1, 0.15) is 0 Å². The van der Waals surface area contributed by atoms with Crippen LogP contribution < -0.4 is 11.2 Å². The van der Waals surface area contributed by atoms with E-state index in [4.69, 9.17) is 0 Å². The molecule has 4 rings (SSSR count). The van der Waals surface area contributed by atoms with Crippen molar-refractivity contribution in [1.29, 1.82) is 0 Å². The Bertz CT molecular complexity index is 1230. The van der Waals surface area contributed by atoms with Crippen LogP contribution in [0.2, 0.25) is 0 Å². The van der Waals surface area contributed by atoms with Gasteiger partial charge in [0.05, 0.1) is 6.33 Å². The van der Waals surface area contributed by atoms with Crippen LogP contribution in [0.4, 0.5) is 0 Å². The molecule has 0 aliphatic carbocycles. The Kier molecular flexibility index (Phi) is 3.60. The fraction of sp³-hybridized carbons (Fsp3) is 0.412. The molecule has 0 radical (unpaired) electrons. The maximum Gasteiger partial charge on any atom is 0.332 e. The van der Waals surface area contributed by atoms with Crippen LogP contribution in [-0.2, 0) is 27.2 Å². The van der Waals surface area contributed by atoms with E-state index in [1.165, 1.54) is 11.6 Å². The van der Waals surface area contributed by atoms with E-state index in [0.717, 1.165) is 35.5 Å². The Balaban J connectivity index is 1.88. The number of nitrogens with zero attached hydrogens (tertiary/aromatic N) is 7. The van der Waals surface area contributed by atoms with Gasteiger partial charge >= 0.3 is 5.69 Å². The number of aromatic nitrogens is 7. The number of rotatable bonds is 4. The van der Waals surface area contributed by atoms with Gasteiger partial charge in [0.25, 0.3) is 5.56 Å². The van der Waals surface area contributed by atoms with Gasteiger partial charge in [0.15, 0.2) is 11.2 Å². The normalized spacial score (nSPS) is 11.8. The maximum absolute atomic E-state index is 12.7. The van der Waals surface area contributed by atoms with E-state index in [0.29, 0.717) is 16.9 Å². The summed E-state index contributed by atoms with van der Waals surface area (Å²) in [5, 5.41) is 0. The Morgan fingerprint density at radius 1 is 1.04 bits per heavy atom. The molecule has 0 aliphatic rings. The van der Waals surface area contributed by atoms with Crippen LogP contribution in [0.3, 0.4) is 0 Å². The van der Waals surface area contributed by atoms with Gasteiger partial charge in [0.2, 0.25) is 5.78 Å². The second kappa shape index (κ2) is 5.72. The lowest BCUT2D eigenvalue weighted by atomic mass is 10.3. The molecule has 9 nitrogen and oxygen atoms in total. The Morgan fingerprint density at radius 2 is 1.81 bits per heavy atom. The van der Waals surface area contributed by atoms with E-state index < -0.39 is 0 Å². The molecule has 4 heterocycles. The van der Waals surface area contributed by atoms with Crippen molar-refractivity contribution in [3.63, 3.8) is 0 Å². The highest BCUT2D eigenvalue weighted by Crippen LogP contribution is 2.20. The zero-order valence-electron chi connectivity index (χ0n) is 15.3. The fourth-order valence-corrected chi connectivity index (χ4v) is 3.49. The SMILES string of the molecule is Cc1c(C)n2c3c(=O)n(C)c(=O)n(C)c3nc2n1CCCn1ccnc1. The minimum absolute atomic E-state index is 0.325. The molecule has 136 valence electrons. The number of aryl methyl sites for hydroxylation is 4. The molecule has 26 heavy (non-hydrogen) atoms. The number of imidazole rings is 3. The summed E-state index contributed by atoms with van der Waals surface area (Å²) in [7, 11) is 3.13. The highest BCUT2D eigenvalue weighted by Gasteiger charge is 2.21. The molecule has 0 spiro atoms. The molecule has 4 aromatic rings. The molecule has 0 unspecified atom stereocenters. The van der Waals surface area contributed by atoms with Crippen molar-refractivity contribution in [1.82, 2.24) is 32.6 Å². The lowest BCUT2D eigenvalue weighted by Gasteiger charge is -2.07. The van der Waals surface area contributed by atoms with Gasteiger partial charge in [-0.05, 0) is 20.3 Å². The quantitative estimate of drug-likeness (QED) is 0.536. The van der Waals surface area contributed by atoms with Crippen LogP contribution in [0, 0.1) is 13.8 Å². The van der Waals surface area contributed by atoms with Crippen molar-refractivity contribution in [2.75, 3.05) is 0 Å². The molecule has 0 amide bonds. The monoisotopic (exact) mass is 355 g/mol. The topological polar surface area (TPSA) is 84.0 Å². The zero-order valence-corrected chi connectivity index (χ0v) is 15.3. The summed E-state index contributed by atoms with van der Waals surface area (Å²) in [6.07, 6.45) is 6.40. The summed E-state index contributed by atoms with van der Waals surface area (Å²) in [4.78, 5) is 33.6. The zero-order chi connectivity index (χ0) is 18.6. The van der Waals surface area contributed by atoms with E-state index in [1.54, 1.807) is 19.6 Å². The average Bonchev–Trinajstić information content (AvgIpc) is 3.32. The third kappa shape index (κ3) is 2.16. The molecule has 4 aromatic heterocycles. The molecule has 0 bridgehead atoms. The van der Waals surface area contributed by atoms with E-state index in [1.807, 2.05) is 29.0 Å². The smallest absolute Gasteiger partial charge is 0.332 e. The number of hydrogen-bond acceptors (Lipinski definition) is 4. The predicted octanol–water partition coefficient (Wildman–Crippen LogP) is 0.590. The maximum atomic E-state index is 12.7. The first-order valence-corrected chi connectivity index (χ1v) is 8.51. The molecule has 0 saturated heterocycles. The van der Waals surface area contributed by atoms with Gasteiger partial charge in [0, 0.05) is 51.0 Å². The predicted molar refractivity (Wildman–Crippen MR) is 97.5 cm³/mol. The van der Waals surface area contributed by atoms with Crippen molar-refractivity contribution in [2.24, 2.45) is 14.1 Å². The van der Waals surface area contributed by atoms with Gasteiger partial charge in [-0.3, -0.25) is 18.3 Å². The highest BCUT2D eigenvalue weighted by atomic mass is 16.2. The van der Waals surface area contributed by atoms with E-state index in [9.17, 15) is 9.59 Å². The first kappa shape index (κ1) is 16.4. The molecule has 0 saturated carbocycles. The van der Waals surface area contributed by atoms with Gasteiger partial charge < -0.3 is 9.13 Å². The molecule has 0 fully saturated rings. The Morgan fingerprint density at radius 3 is 2.50 bits per heavy atom. The molecular weight excluding hydrogens is 334 g/mol. The number of hydrogen-bond donors (Lipinski definition) is 0. The highest BCUT2D eigenvalue weighted by molar-refractivity contribution is 5.76. The van der Waals surface area contributed by atoms with Crippen LogP contribution in [-0.4, -0.2) is 32.6 Å². The summed E-state index contributed by atoms with van der Waals surface area (Å²) in [6, 6.07) is 0. The molecule has 0 N–H and O–H groups in total. The minimum Gasteiger partial charge on any atom is -0.337 e. The molecule has 0 aliphatic heterocycles. The van der Waals surface area contributed by atoms with Gasteiger partial charge in [-0.2, -0.15) is 4.98 Å². The standard InChI is InChI=1S/C17H21N7O2/c1-11-12(2)24-13-14(20(3)17(26)21(4)15(13)25)19-16(24)23(11)8-5-7-22-9-6-18-10-22/h6,9-10H,5,7-8H2,1-4H3. The second-order valence-corrected chi connectivity index (χ2v) is 6.60. The van der Waals surface area contributed by atoms with Crippen LogP contribution in [0.25, 0.3) is 16.9 Å². The van der Waals surface area contributed by atoms with Crippen molar-refractivity contribution in [2.45, 2.75) is 33.4 Å². The third-order valence-corrected chi connectivity index (χ3v) is 5.10. The summed E-state index contributed by atoms with van der Waals surface area (Å²) < 4.78 is 8.56. The molecule has 9 heteroatoms. The summed E-state index contributed by atoms with van der Waals surface area (Å²) >= 11 is 0. The van der Waals surface area contributed by atoms with E-state index in [2.05, 4.69) is 14.5 Å². The Labute approximate surface area is 148 Å². The largest absolute Gasteiger partial charge is 0.337 e. The first-order chi connectivity index (χ1) is 12.4. The van der Waals surface area contributed by atoms with Crippen LogP contribution in [0.15, 0.2) is 28.3 Å². The summed E-state index contributed by atoms with van der Waals surface area (Å²) in [6.45, 7) is 5.61. The lowest BCUT2D eigenvalue weighted by molar-refractivity contribution is 0.563. The summed E-state index contributed by atoms with van der Waals surface area (Å²) in [5.74, 6) is 0.693. The average molecular weight is 355 g/mol. The minimum atomic E-state index is -0.371. The van der Waals surface area contributed by atoms with Crippen LogP contribution >= 0.6 is 0 Å². The molecule has 0 atom stereocenters. The van der Waals surface area contributed by atoms with Gasteiger partial charge in [-0.15, -0.1) is 0 Å². The van der Waals surface area contributed by atoms with Crippen molar-refractivity contribution in [3.8, 4) is 0 Å². The lowest BCUT2D eigenvalue weighted by Crippen LogP contribution is -2.37. The van der Waals surface area contributed by atoms with E-state index >= 15 is 0 Å².